The van der Waals surface area contributed by atoms with Gasteiger partial charge in [-0.2, -0.15) is 0 Å². The molecule has 0 heterocycles. The third kappa shape index (κ3) is 6.24. The molecule has 0 saturated heterocycles. The van der Waals surface area contributed by atoms with Crippen LogP contribution in [0, 0.1) is 11.8 Å². The molecule has 0 spiro atoms. The Hall–Kier alpha value is -0.480. The summed E-state index contributed by atoms with van der Waals surface area (Å²) in [4.78, 5) is 0. The first-order chi connectivity index (χ1) is 5.70. The summed E-state index contributed by atoms with van der Waals surface area (Å²) in [5.74, 6) is 1.49. The topological polar surface area (TPSA) is 0 Å². The third-order valence-electron chi connectivity index (χ3n) is 2.36. The lowest BCUT2D eigenvalue weighted by molar-refractivity contribution is 0.572. The Labute approximate surface area is 77.4 Å². The Morgan fingerprint density at radius 3 is 2.33 bits per heavy atom. The summed E-state index contributed by atoms with van der Waals surface area (Å²) in [6.07, 6.45) is 7.98. The first-order valence-corrected chi connectivity index (χ1v) is 5.11. The van der Waals surface area contributed by atoms with Gasteiger partial charge in [-0.25, -0.2) is 0 Å². The van der Waals surface area contributed by atoms with E-state index in [0.29, 0.717) is 5.92 Å². The van der Waals surface area contributed by atoms with E-state index < -0.39 is 0 Å². The monoisotopic (exact) mass is 166 g/mol. The van der Waals surface area contributed by atoms with Crippen LogP contribution in [0.5, 0.6) is 0 Å². The first kappa shape index (κ1) is 11.5. The van der Waals surface area contributed by atoms with Crippen molar-refractivity contribution in [1.82, 2.24) is 0 Å². The summed E-state index contributed by atoms with van der Waals surface area (Å²) in [7, 11) is 0. The predicted molar refractivity (Wildman–Crippen MR) is 56.2 cm³/mol. The lowest BCUT2D eigenvalue weighted by Gasteiger charge is -2.00. The summed E-state index contributed by atoms with van der Waals surface area (Å²) in [5.41, 5.74) is 3.25. The number of hydrogen-bond donors (Lipinski definition) is 0. The van der Waals surface area contributed by atoms with Crippen LogP contribution in [0.1, 0.15) is 47.0 Å². The second kappa shape index (κ2) is 7.18. The Balaban J connectivity index is 3.67. The highest BCUT2D eigenvalue weighted by molar-refractivity contribution is 4.88. The molecule has 0 aromatic carbocycles. The van der Waals surface area contributed by atoms with Gasteiger partial charge < -0.3 is 0 Å². The Morgan fingerprint density at radius 1 is 1.17 bits per heavy atom. The van der Waals surface area contributed by atoms with Gasteiger partial charge in [0.05, 0.1) is 0 Å². The van der Waals surface area contributed by atoms with Crippen molar-refractivity contribution in [3.8, 4) is 0 Å². The van der Waals surface area contributed by atoms with Crippen molar-refractivity contribution in [2.45, 2.75) is 47.0 Å². The zero-order valence-corrected chi connectivity index (χ0v) is 8.93. The largest absolute Gasteiger partial charge is 0.129 e. The van der Waals surface area contributed by atoms with Gasteiger partial charge in [-0.15, -0.1) is 5.73 Å². The molecule has 0 nitrogen and oxygen atoms in total. The van der Waals surface area contributed by atoms with Gasteiger partial charge in [0, 0.05) is 0 Å². The molecule has 0 aromatic heterocycles. The molecule has 0 amide bonds. The maximum Gasteiger partial charge on any atom is -0.0189 e. The Kier molecular flexibility index (Phi) is 6.90. The fourth-order valence-electron chi connectivity index (χ4n) is 0.786. The van der Waals surface area contributed by atoms with E-state index in [-0.39, 0.29) is 0 Å². The van der Waals surface area contributed by atoms with Crippen LogP contribution in [-0.2, 0) is 0 Å². The van der Waals surface area contributed by atoms with Crippen molar-refractivity contribution in [2.75, 3.05) is 0 Å². The third-order valence-corrected chi connectivity index (χ3v) is 2.36. The minimum atomic E-state index is 0.679. The minimum Gasteiger partial charge on any atom is -0.129 e. The van der Waals surface area contributed by atoms with Crippen LogP contribution in [-0.4, -0.2) is 0 Å². The average Bonchev–Trinajstić information content (AvgIpc) is 2.11. The highest BCUT2D eigenvalue weighted by Crippen LogP contribution is 2.06. The molecule has 2 unspecified atom stereocenters. The minimum absolute atomic E-state index is 0.679. The van der Waals surface area contributed by atoms with E-state index in [1.807, 2.05) is 0 Å². The molecule has 70 valence electrons. The summed E-state index contributed by atoms with van der Waals surface area (Å²) >= 11 is 0. The molecule has 12 heavy (non-hydrogen) atoms. The molecule has 0 aliphatic rings. The SMILES string of the molecule is CCC(C)C=C=CCC(C)CC. The molecular formula is C12H22. The highest BCUT2D eigenvalue weighted by Gasteiger charge is 1.92. The second-order valence-electron chi connectivity index (χ2n) is 3.67. The fourth-order valence-corrected chi connectivity index (χ4v) is 0.786. The smallest absolute Gasteiger partial charge is 0.0189 e. The van der Waals surface area contributed by atoms with E-state index in [1.54, 1.807) is 0 Å². The molecule has 0 rings (SSSR count). The quantitative estimate of drug-likeness (QED) is 0.537. The van der Waals surface area contributed by atoms with Gasteiger partial charge in [0.25, 0.3) is 0 Å². The number of hydrogen-bond acceptors (Lipinski definition) is 0. The molecule has 0 aliphatic carbocycles. The van der Waals surface area contributed by atoms with Crippen LogP contribution < -0.4 is 0 Å². The van der Waals surface area contributed by atoms with Crippen molar-refractivity contribution in [3.63, 3.8) is 0 Å². The number of allylic oxidation sites excluding steroid dienone is 1. The van der Waals surface area contributed by atoms with Crippen LogP contribution >= 0.6 is 0 Å². The second-order valence-corrected chi connectivity index (χ2v) is 3.67. The Morgan fingerprint density at radius 2 is 1.83 bits per heavy atom. The normalized spacial score (nSPS) is 14.7. The van der Waals surface area contributed by atoms with E-state index in [9.17, 15) is 0 Å². The molecular weight excluding hydrogens is 144 g/mol. The summed E-state index contributed by atoms with van der Waals surface area (Å²) < 4.78 is 0. The van der Waals surface area contributed by atoms with Gasteiger partial charge in [0.2, 0.25) is 0 Å². The summed E-state index contributed by atoms with van der Waals surface area (Å²) in [6.45, 7) is 8.94. The van der Waals surface area contributed by atoms with Gasteiger partial charge in [-0.1, -0.05) is 34.1 Å². The van der Waals surface area contributed by atoms with Crippen LogP contribution in [0.4, 0.5) is 0 Å². The van der Waals surface area contributed by atoms with E-state index in [1.165, 1.54) is 19.3 Å². The molecule has 0 aromatic rings. The molecule has 0 fully saturated rings. The van der Waals surface area contributed by atoms with Crippen LogP contribution in [0.2, 0.25) is 0 Å². The zero-order chi connectivity index (χ0) is 9.40. The fraction of sp³-hybridized carbons (Fsp3) is 0.750. The van der Waals surface area contributed by atoms with Crippen LogP contribution in [0.25, 0.3) is 0 Å². The van der Waals surface area contributed by atoms with Gasteiger partial charge in [-0.05, 0) is 36.8 Å². The molecule has 0 bridgehead atoms. The van der Waals surface area contributed by atoms with E-state index in [2.05, 4.69) is 45.6 Å². The van der Waals surface area contributed by atoms with Crippen molar-refractivity contribution in [2.24, 2.45) is 11.8 Å². The lowest BCUT2D eigenvalue weighted by atomic mass is 10.1. The van der Waals surface area contributed by atoms with Gasteiger partial charge >= 0.3 is 0 Å². The van der Waals surface area contributed by atoms with E-state index in [4.69, 9.17) is 0 Å². The zero-order valence-electron chi connectivity index (χ0n) is 8.93. The van der Waals surface area contributed by atoms with Crippen molar-refractivity contribution in [3.05, 3.63) is 17.9 Å². The molecule has 0 N–H and O–H groups in total. The Bertz CT molecular complexity index is 149. The summed E-state index contributed by atoms with van der Waals surface area (Å²) in [5, 5.41) is 0. The predicted octanol–water partition coefficient (Wildman–Crippen LogP) is 4.18. The van der Waals surface area contributed by atoms with E-state index >= 15 is 0 Å². The van der Waals surface area contributed by atoms with Crippen molar-refractivity contribution < 1.29 is 0 Å². The van der Waals surface area contributed by atoms with Gasteiger partial charge in [0.1, 0.15) is 0 Å². The lowest BCUT2D eigenvalue weighted by Crippen LogP contribution is -1.87. The van der Waals surface area contributed by atoms with Gasteiger partial charge in [0.15, 0.2) is 0 Å². The molecule has 0 saturated carbocycles. The molecule has 0 radical (unpaired) electrons. The van der Waals surface area contributed by atoms with Crippen molar-refractivity contribution >= 4 is 0 Å². The highest BCUT2D eigenvalue weighted by atomic mass is 14.0. The van der Waals surface area contributed by atoms with Crippen LogP contribution in [0.3, 0.4) is 0 Å². The molecule has 2 atom stereocenters. The first-order valence-electron chi connectivity index (χ1n) is 5.11. The average molecular weight is 166 g/mol. The number of rotatable bonds is 5. The maximum absolute atomic E-state index is 3.25. The van der Waals surface area contributed by atoms with Crippen molar-refractivity contribution in [1.29, 1.82) is 0 Å². The summed E-state index contributed by atoms with van der Waals surface area (Å²) in [6, 6.07) is 0. The van der Waals surface area contributed by atoms with Crippen LogP contribution in [0.15, 0.2) is 17.9 Å². The standard InChI is InChI=1S/C12H22/c1-5-11(3)9-7-8-10-12(4)6-2/h7,10-12H,5-6,9H2,1-4H3. The maximum atomic E-state index is 3.25. The molecule has 0 heteroatoms. The van der Waals surface area contributed by atoms with Gasteiger partial charge in [-0.3, -0.25) is 0 Å². The molecule has 0 aliphatic heterocycles. The van der Waals surface area contributed by atoms with E-state index in [0.717, 1.165) is 5.92 Å².